The van der Waals surface area contributed by atoms with Gasteiger partial charge in [0.15, 0.2) is 0 Å². The first-order valence-electron chi connectivity index (χ1n) is 8.44. The first kappa shape index (κ1) is 15.5. The number of H-pyrrole nitrogens is 1. The molecule has 2 aromatic heterocycles. The monoisotopic (exact) mass is 343 g/mol. The topological polar surface area (TPSA) is 66.9 Å². The van der Waals surface area contributed by atoms with Gasteiger partial charge < -0.3 is 9.72 Å². The van der Waals surface area contributed by atoms with Crippen molar-refractivity contribution in [3.05, 3.63) is 35.1 Å². The minimum atomic E-state index is 0.449. The minimum Gasteiger partial charge on any atom is -0.469 e. The molecule has 0 unspecified atom stereocenters. The maximum Gasteiger partial charge on any atom is 0.294 e. The van der Waals surface area contributed by atoms with E-state index < -0.39 is 0 Å². The average molecular weight is 343 g/mol. The van der Waals surface area contributed by atoms with Gasteiger partial charge >= 0.3 is 0 Å². The van der Waals surface area contributed by atoms with Crippen molar-refractivity contribution in [2.75, 3.05) is 19.7 Å². The number of hydrogen-bond acceptors (Lipinski definition) is 6. The Morgan fingerprint density at radius 1 is 1.33 bits per heavy atom. The summed E-state index contributed by atoms with van der Waals surface area (Å²) < 4.78 is 5.41. The summed E-state index contributed by atoms with van der Waals surface area (Å²) in [6.45, 7) is 5.53. The number of rotatable bonds is 5. The van der Waals surface area contributed by atoms with E-state index in [0.717, 1.165) is 41.5 Å². The normalized spacial score (nSPS) is 19.0. The lowest BCUT2D eigenvalue weighted by molar-refractivity contribution is 0.196. The van der Waals surface area contributed by atoms with Crippen molar-refractivity contribution in [3.63, 3.8) is 0 Å². The number of aromatic nitrogens is 4. The molecule has 1 fully saturated rings. The predicted molar refractivity (Wildman–Crippen MR) is 94.4 cm³/mol. The van der Waals surface area contributed by atoms with Gasteiger partial charge in [0.1, 0.15) is 10.8 Å². The van der Waals surface area contributed by atoms with Gasteiger partial charge in [-0.05, 0) is 38.4 Å². The maximum atomic E-state index is 5.41. The van der Waals surface area contributed by atoms with E-state index >= 15 is 0 Å². The Labute approximate surface area is 144 Å². The Morgan fingerprint density at radius 2 is 2.25 bits per heavy atom. The summed E-state index contributed by atoms with van der Waals surface area (Å²) in [5.74, 6) is 1.55. The second kappa shape index (κ2) is 6.86. The second-order valence-electron chi connectivity index (χ2n) is 6.11. The number of fused-ring (bicyclic) bond motifs is 1. The lowest BCUT2D eigenvalue weighted by atomic mass is 9.97. The van der Waals surface area contributed by atoms with Crippen molar-refractivity contribution in [2.45, 2.75) is 32.2 Å². The first-order valence-corrected chi connectivity index (χ1v) is 9.25. The largest absolute Gasteiger partial charge is 0.469 e. The van der Waals surface area contributed by atoms with Crippen molar-refractivity contribution < 1.29 is 4.74 Å². The van der Waals surface area contributed by atoms with Crippen LogP contribution in [0.2, 0.25) is 0 Å². The molecule has 1 N–H and O–H groups in total. The summed E-state index contributed by atoms with van der Waals surface area (Å²) >= 11 is 1.54. The van der Waals surface area contributed by atoms with E-state index in [0.29, 0.717) is 17.7 Å². The van der Waals surface area contributed by atoms with Crippen molar-refractivity contribution in [1.82, 2.24) is 25.1 Å². The number of nitrogens with one attached hydrogen (secondary N) is 1. The number of para-hydroxylation sites is 2. The van der Waals surface area contributed by atoms with Crippen LogP contribution in [0.3, 0.4) is 0 Å². The number of piperidine rings is 1. The van der Waals surface area contributed by atoms with Crippen molar-refractivity contribution in [2.24, 2.45) is 0 Å². The van der Waals surface area contributed by atoms with Crippen LogP contribution in [0.15, 0.2) is 24.3 Å². The van der Waals surface area contributed by atoms with Gasteiger partial charge in [-0.15, -0.1) is 10.2 Å². The van der Waals surface area contributed by atoms with E-state index in [2.05, 4.69) is 32.2 Å². The van der Waals surface area contributed by atoms with Crippen LogP contribution in [0.5, 0.6) is 5.19 Å². The molecule has 1 saturated heterocycles. The van der Waals surface area contributed by atoms with Crippen LogP contribution in [0.4, 0.5) is 0 Å². The molecule has 0 spiro atoms. The van der Waals surface area contributed by atoms with E-state index in [9.17, 15) is 0 Å². The van der Waals surface area contributed by atoms with E-state index in [4.69, 9.17) is 9.72 Å². The number of nitrogens with zero attached hydrogens (tertiary/aromatic N) is 4. The molecule has 6 nitrogen and oxygen atoms in total. The highest BCUT2D eigenvalue weighted by molar-refractivity contribution is 7.13. The molecule has 126 valence electrons. The average Bonchev–Trinajstić information content (AvgIpc) is 3.22. The van der Waals surface area contributed by atoms with Crippen LogP contribution in [0, 0.1) is 0 Å². The molecular weight excluding hydrogens is 322 g/mol. The molecule has 0 radical (unpaired) electrons. The summed E-state index contributed by atoms with van der Waals surface area (Å²) in [5, 5.41) is 10.0. The molecule has 24 heavy (non-hydrogen) atoms. The predicted octanol–water partition coefficient (Wildman–Crippen LogP) is 3.19. The van der Waals surface area contributed by atoms with E-state index in [-0.39, 0.29) is 0 Å². The lowest BCUT2D eigenvalue weighted by Crippen LogP contribution is -2.34. The highest BCUT2D eigenvalue weighted by atomic mass is 32.1. The van der Waals surface area contributed by atoms with Gasteiger partial charge in [0.2, 0.25) is 0 Å². The van der Waals surface area contributed by atoms with Crippen LogP contribution in [-0.4, -0.2) is 44.8 Å². The molecule has 1 aliphatic rings. The summed E-state index contributed by atoms with van der Waals surface area (Å²) in [4.78, 5) is 10.7. The Morgan fingerprint density at radius 3 is 3.12 bits per heavy atom. The molecule has 1 aliphatic heterocycles. The van der Waals surface area contributed by atoms with Crippen LogP contribution >= 0.6 is 11.3 Å². The van der Waals surface area contributed by atoms with Gasteiger partial charge in [-0.1, -0.05) is 23.5 Å². The van der Waals surface area contributed by atoms with Gasteiger partial charge in [0.25, 0.3) is 5.19 Å². The van der Waals surface area contributed by atoms with Crippen LogP contribution in [-0.2, 0) is 6.54 Å². The summed E-state index contributed by atoms with van der Waals surface area (Å²) in [7, 11) is 0. The fourth-order valence-corrected chi connectivity index (χ4v) is 4.05. The molecular formula is C17H21N5OS. The third-order valence-electron chi connectivity index (χ3n) is 4.37. The SMILES string of the molecule is CCOc1nnc(CN2CCC[C@@H](c3nc4ccccc4[nH]3)C2)s1. The number of imidazole rings is 1. The van der Waals surface area contributed by atoms with Crippen molar-refractivity contribution in [3.8, 4) is 5.19 Å². The van der Waals surface area contributed by atoms with Gasteiger partial charge in [-0.2, -0.15) is 0 Å². The molecule has 0 bridgehead atoms. The van der Waals surface area contributed by atoms with Gasteiger partial charge in [0.05, 0.1) is 24.2 Å². The highest BCUT2D eigenvalue weighted by Gasteiger charge is 2.24. The van der Waals surface area contributed by atoms with E-state index in [1.54, 1.807) is 11.3 Å². The molecule has 0 aliphatic carbocycles. The third kappa shape index (κ3) is 3.27. The number of aromatic amines is 1. The van der Waals surface area contributed by atoms with Gasteiger partial charge in [0, 0.05) is 12.5 Å². The van der Waals surface area contributed by atoms with Crippen molar-refractivity contribution >= 4 is 22.4 Å². The fourth-order valence-electron chi connectivity index (χ4n) is 3.26. The van der Waals surface area contributed by atoms with Crippen molar-refractivity contribution in [1.29, 1.82) is 0 Å². The summed E-state index contributed by atoms with van der Waals surface area (Å²) in [5.41, 5.74) is 2.17. The summed E-state index contributed by atoms with van der Waals surface area (Å²) in [6.07, 6.45) is 2.36. The fraction of sp³-hybridized carbons (Fsp3) is 0.471. The van der Waals surface area contributed by atoms with Crippen LogP contribution in [0.1, 0.15) is 36.5 Å². The third-order valence-corrected chi connectivity index (χ3v) is 5.20. The maximum absolute atomic E-state index is 5.41. The smallest absolute Gasteiger partial charge is 0.294 e. The van der Waals surface area contributed by atoms with Crippen LogP contribution < -0.4 is 4.74 Å². The Bertz CT molecular complexity index is 781. The Balaban J connectivity index is 1.44. The molecule has 0 amide bonds. The molecule has 7 heteroatoms. The van der Waals surface area contributed by atoms with E-state index in [1.165, 1.54) is 12.8 Å². The molecule has 4 rings (SSSR count). The zero-order valence-electron chi connectivity index (χ0n) is 13.7. The second-order valence-corrected chi connectivity index (χ2v) is 7.13. The minimum absolute atomic E-state index is 0.449. The number of benzene rings is 1. The zero-order valence-corrected chi connectivity index (χ0v) is 14.6. The van der Waals surface area contributed by atoms with Crippen LogP contribution in [0.25, 0.3) is 11.0 Å². The highest BCUT2D eigenvalue weighted by Crippen LogP contribution is 2.28. The molecule has 1 atom stereocenters. The number of likely N-dealkylation sites (tertiary alicyclic amines) is 1. The standard InChI is InChI=1S/C17H21N5OS/c1-2-23-17-21-20-15(24-17)11-22-9-5-6-12(10-22)16-18-13-7-3-4-8-14(13)19-16/h3-4,7-8,12H,2,5-6,9-11H2,1H3,(H,18,19)/t12-/m1/s1. The number of hydrogen-bond donors (Lipinski definition) is 1. The Kier molecular flexibility index (Phi) is 4.44. The van der Waals surface area contributed by atoms with E-state index in [1.807, 2.05) is 19.1 Å². The number of ether oxygens (including phenoxy) is 1. The molecule has 0 saturated carbocycles. The Hall–Kier alpha value is -1.99. The first-order chi connectivity index (χ1) is 11.8. The molecule has 1 aromatic carbocycles. The zero-order chi connectivity index (χ0) is 16.4. The lowest BCUT2D eigenvalue weighted by Gasteiger charge is -2.30. The summed E-state index contributed by atoms with van der Waals surface area (Å²) in [6, 6.07) is 8.23. The van der Waals surface area contributed by atoms with Gasteiger partial charge in [-0.25, -0.2) is 4.98 Å². The van der Waals surface area contributed by atoms with Gasteiger partial charge in [-0.3, -0.25) is 4.90 Å². The molecule has 3 heterocycles. The quantitative estimate of drug-likeness (QED) is 0.770. The molecule has 3 aromatic rings.